The molecule has 1 atom stereocenters. The molecule has 0 aliphatic heterocycles. The Balaban J connectivity index is 2.07. The molecule has 0 spiro atoms. The zero-order chi connectivity index (χ0) is 18.4. The molecule has 2 heterocycles. The van der Waals surface area contributed by atoms with Gasteiger partial charge in [-0.1, -0.05) is 0 Å². The van der Waals surface area contributed by atoms with Crippen LogP contribution < -0.4 is 5.43 Å². The molecule has 11 heteroatoms. The van der Waals surface area contributed by atoms with E-state index in [1.807, 2.05) is 0 Å². The van der Waals surface area contributed by atoms with Crippen molar-refractivity contribution >= 4 is 23.7 Å². The van der Waals surface area contributed by atoms with Crippen molar-refractivity contribution in [2.75, 3.05) is 0 Å². The van der Waals surface area contributed by atoms with E-state index in [9.17, 15) is 19.7 Å². The van der Waals surface area contributed by atoms with Crippen LogP contribution in [0.3, 0.4) is 0 Å². The second-order valence-electron chi connectivity index (χ2n) is 4.54. The number of nitro groups is 1. The second kappa shape index (κ2) is 7.77. The fraction of sp³-hybridized carbons (Fsp3) is 0.214. The molecule has 0 aromatic carbocycles. The summed E-state index contributed by atoms with van der Waals surface area (Å²) in [5.74, 6) is -2.05. The molecule has 0 saturated heterocycles. The molecule has 0 aliphatic rings. The topological polar surface area (TPSA) is 146 Å². The van der Waals surface area contributed by atoms with Gasteiger partial charge in [-0.25, -0.2) is 5.43 Å². The van der Waals surface area contributed by atoms with Crippen LogP contribution in [0.15, 0.2) is 44.5 Å². The molecule has 2 aromatic heterocycles. The molecule has 1 amide bonds. The van der Waals surface area contributed by atoms with E-state index in [1.165, 1.54) is 31.4 Å². The van der Waals surface area contributed by atoms with Crippen molar-refractivity contribution < 1.29 is 32.8 Å². The van der Waals surface area contributed by atoms with Gasteiger partial charge in [-0.3, -0.25) is 19.7 Å². The number of ether oxygens (including phenoxy) is 2. The summed E-state index contributed by atoms with van der Waals surface area (Å²) in [6.07, 6.45) is -0.0850. The van der Waals surface area contributed by atoms with E-state index in [4.69, 9.17) is 18.3 Å². The van der Waals surface area contributed by atoms with Crippen molar-refractivity contribution in [1.29, 1.82) is 0 Å². The normalized spacial score (nSPS) is 12.3. The van der Waals surface area contributed by atoms with Gasteiger partial charge < -0.3 is 18.3 Å². The van der Waals surface area contributed by atoms with Gasteiger partial charge in [0, 0.05) is 13.8 Å². The van der Waals surface area contributed by atoms with Crippen LogP contribution in [0.5, 0.6) is 0 Å². The number of hydrazone groups is 1. The molecule has 132 valence electrons. The highest BCUT2D eigenvalue weighted by Gasteiger charge is 2.24. The summed E-state index contributed by atoms with van der Waals surface area (Å²) >= 11 is 0. The van der Waals surface area contributed by atoms with Gasteiger partial charge in [-0.15, -0.1) is 5.10 Å². The number of furan rings is 2. The van der Waals surface area contributed by atoms with E-state index < -0.39 is 29.0 Å². The lowest BCUT2D eigenvalue weighted by Crippen LogP contribution is -2.21. The van der Waals surface area contributed by atoms with Crippen LogP contribution in [0.25, 0.3) is 0 Å². The Hall–Kier alpha value is -3.63. The zero-order valence-corrected chi connectivity index (χ0v) is 13.1. The molecule has 0 saturated carbocycles. The summed E-state index contributed by atoms with van der Waals surface area (Å²) in [5, 5.41) is 14.3. The molecule has 2 rings (SSSR count). The largest absolute Gasteiger partial charge is 0.459 e. The molecule has 0 aliphatic carbocycles. The van der Waals surface area contributed by atoms with E-state index in [2.05, 4.69) is 10.5 Å². The minimum atomic E-state index is -1.41. The maximum Gasteiger partial charge on any atom is 0.433 e. The van der Waals surface area contributed by atoms with E-state index in [0.717, 1.165) is 13.0 Å². The Bertz CT molecular complexity index is 793. The third kappa shape index (κ3) is 4.92. The van der Waals surface area contributed by atoms with Crippen LogP contribution in [0.1, 0.15) is 36.5 Å². The Kier molecular flexibility index (Phi) is 5.50. The molecule has 0 radical (unpaired) electrons. The van der Waals surface area contributed by atoms with Gasteiger partial charge in [0.05, 0.1) is 12.3 Å². The van der Waals surface area contributed by atoms with Crippen molar-refractivity contribution in [3.63, 3.8) is 0 Å². The van der Waals surface area contributed by atoms with Crippen LogP contribution >= 0.6 is 0 Å². The van der Waals surface area contributed by atoms with E-state index >= 15 is 0 Å². The minimum absolute atomic E-state index is 0.0368. The Morgan fingerprint density at radius 3 is 2.60 bits per heavy atom. The smallest absolute Gasteiger partial charge is 0.433 e. The van der Waals surface area contributed by atoms with E-state index in [0.29, 0.717) is 0 Å². The highest BCUT2D eigenvalue weighted by atomic mass is 16.7. The summed E-state index contributed by atoms with van der Waals surface area (Å²) < 4.78 is 20.0. The fourth-order valence-corrected chi connectivity index (χ4v) is 1.63. The van der Waals surface area contributed by atoms with Crippen LogP contribution in [0.4, 0.5) is 5.88 Å². The zero-order valence-electron chi connectivity index (χ0n) is 13.1. The summed E-state index contributed by atoms with van der Waals surface area (Å²) in [6.45, 7) is 2.50. The average molecular weight is 351 g/mol. The van der Waals surface area contributed by atoms with Gasteiger partial charge in [0.15, 0.2) is 11.5 Å². The van der Waals surface area contributed by atoms with Crippen molar-refractivity contribution in [2.24, 2.45) is 5.10 Å². The van der Waals surface area contributed by atoms with Gasteiger partial charge in [0.25, 0.3) is 0 Å². The third-order valence-corrected chi connectivity index (χ3v) is 2.64. The van der Waals surface area contributed by atoms with Crippen molar-refractivity contribution in [2.45, 2.75) is 20.1 Å². The van der Waals surface area contributed by atoms with Crippen LogP contribution in [0.2, 0.25) is 0 Å². The molecular formula is C14H13N3O8. The third-order valence-electron chi connectivity index (χ3n) is 2.64. The highest BCUT2D eigenvalue weighted by Crippen LogP contribution is 2.25. The number of rotatable bonds is 6. The monoisotopic (exact) mass is 351 g/mol. The SMILES string of the molecule is CC(=O)OC(O/C(C)=N/NC(=O)c1ccco1)c1ccc([N+](=O)[O-])o1. The number of nitrogens with one attached hydrogen (secondary N) is 1. The van der Waals surface area contributed by atoms with Crippen molar-refractivity contribution in [3.8, 4) is 0 Å². The predicted molar refractivity (Wildman–Crippen MR) is 80.2 cm³/mol. The predicted octanol–water partition coefficient (Wildman–Crippen LogP) is 2.12. The van der Waals surface area contributed by atoms with Gasteiger partial charge in [-0.2, -0.15) is 0 Å². The number of carbonyl (C=O) groups is 2. The maximum absolute atomic E-state index is 11.7. The lowest BCUT2D eigenvalue weighted by Gasteiger charge is -2.15. The number of amides is 1. The lowest BCUT2D eigenvalue weighted by atomic mass is 10.4. The van der Waals surface area contributed by atoms with E-state index in [-0.39, 0.29) is 17.4 Å². The van der Waals surface area contributed by atoms with E-state index in [1.54, 1.807) is 0 Å². The highest BCUT2D eigenvalue weighted by molar-refractivity contribution is 5.92. The molecule has 2 aromatic rings. The Morgan fingerprint density at radius 2 is 2.04 bits per heavy atom. The van der Waals surface area contributed by atoms with Crippen molar-refractivity contribution in [3.05, 3.63) is 52.2 Å². The van der Waals surface area contributed by atoms with Gasteiger partial charge in [-0.05, 0) is 18.2 Å². The molecule has 25 heavy (non-hydrogen) atoms. The number of carbonyl (C=O) groups excluding carboxylic acids is 2. The quantitative estimate of drug-likeness (QED) is 0.208. The summed E-state index contributed by atoms with van der Waals surface area (Å²) in [5.41, 5.74) is 2.17. The first-order valence-electron chi connectivity index (χ1n) is 6.83. The summed E-state index contributed by atoms with van der Waals surface area (Å²) in [7, 11) is 0. The molecule has 1 N–H and O–H groups in total. The molecule has 0 bridgehead atoms. The second-order valence-corrected chi connectivity index (χ2v) is 4.54. The first-order valence-corrected chi connectivity index (χ1v) is 6.83. The van der Waals surface area contributed by atoms with Gasteiger partial charge >= 0.3 is 24.1 Å². The van der Waals surface area contributed by atoms with Crippen LogP contribution in [-0.4, -0.2) is 22.7 Å². The lowest BCUT2D eigenvalue weighted by molar-refractivity contribution is -0.402. The number of nitrogens with zero attached hydrogens (tertiary/aromatic N) is 2. The van der Waals surface area contributed by atoms with Crippen molar-refractivity contribution in [1.82, 2.24) is 5.43 Å². The van der Waals surface area contributed by atoms with Crippen LogP contribution in [-0.2, 0) is 14.3 Å². The van der Waals surface area contributed by atoms with Crippen LogP contribution in [0, 0.1) is 10.1 Å². The first kappa shape index (κ1) is 17.7. The number of esters is 1. The number of hydrogen-bond donors (Lipinski definition) is 1. The molecule has 1 unspecified atom stereocenters. The summed E-state index contributed by atoms with van der Waals surface area (Å²) in [6, 6.07) is 5.27. The number of hydrogen-bond acceptors (Lipinski definition) is 9. The average Bonchev–Trinajstić information content (AvgIpc) is 3.22. The minimum Gasteiger partial charge on any atom is -0.459 e. The first-order chi connectivity index (χ1) is 11.9. The fourth-order valence-electron chi connectivity index (χ4n) is 1.63. The maximum atomic E-state index is 11.7. The molecular weight excluding hydrogens is 338 g/mol. The van der Waals surface area contributed by atoms with Gasteiger partial charge in [0.1, 0.15) is 4.92 Å². The Labute approximate surface area is 140 Å². The molecule has 0 fully saturated rings. The molecule has 11 nitrogen and oxygen atoms in total. The Morgan fingerprint density at radius 1 is 1.28 bits per heavy atom. The van der Waals surface area contributed by atoms with Gasteiger partial charge in [0.2, 0.25) is 5.90 Å². The summed E-state index contributed by atoms with van der Waals surface area (Å²) in [4.78, 5) is 32.8. The standard InChI is InChI=1S/C14H13N3O8/c1-8(15-16-13(19)10-4-3-7-22-10)23-14(24-9(2)18)11-5-6-12(25-11)17(20)21/h3-7,14H,1-2H3,(H,16,19)/b15-8+.